The predicted molar refractivity (Wildman–Crippen MR) is 67.8 cm³/mol. The van der Waals surface area contributed by atoms with E-state index in [1.165, 1.54) is 12.8 Å². The zero-order chi connectivity index (χ0) is 12.4. The molecule has 0 aromatic heterocycles. The Balaban J connectivity index is 1.98. The molecule has 2 atom stereocenters. The summed E-state index contributed by atoms with van der Waals surface area (Å²) < 4.78 is 28.3. The smallest absolute Gasteiger partial charge is 0.150 e. The van der Waals surface area contributed by atoms with Gasteiger partial charge in [0.05, 0.1) is 18.1 Å². The van der Waals surface area contributed by atoms with Crippen LogP contribution in [-0.4, -0.2) is 45.7 Å². The molecule has 2 aliphatic rings. The molecule has 17 heavy (non-hydrogen) atoms. The summed E-state index contributed by atoms with van der Waals surface area (Å²) >= 11 is 0. The second-order valence-corrected chi connectivity index (χ2v) is 7.80. The van der Waals surface area contributed by atoms with Crippen LogP contribution in [0.1, 0.15) is 32.1 Å². The molecule has 2 saturated heterocycles. The minimum Gasteiger partial charge on any atom is -0.383 e. The van der Waals surface area contributed by atoms with Crippen LogP contribution in [0.2, 0.25) is 0 Å². The van der Waals surface area contributed by atoms with Crippen LogP contribution in [0.15, 0.2) is 0 Å². The highest BCUT2D eigenvalue weighted by molar-refractivity contribution is 7.91. The van der Waals surface area contributed by atoms with E-state index in [-0.39, 0.29) is 5.54 Å². The lowest BCUT2D eigenvalue weighted by atomic mass is 9.81. The maximum atomic E-state index is 11.5. The van der Waals surface area contributed by atoms with Gasteiger partial charge >= 0.3 is 0 Å². The number of ether oxygens (including phenoxy) is 1. The summed E-state index contributed by atoms with van der Waals surface area (Å²) in [6.45, 7) is 1.73. The van der Waals surface area contributed by atoms with Gasteiger partial charge in [-0.15, -0.1) is 0 Å². The van der Waals surface area contributed by atoms with E-state index in [1.54, 1.807) is 7.11 Å². The number of sulfone groups is 1. The molecule has 2 unspecified atom stereocenters. The average molecular weight is 261 g/mol. The minimum absolute atomic E-state index is 0.0253. The summed E-state index contributed by atoms with van der Waals surface area (Å²) in [5, 5.41) is 3.57. The van der Waals surface area contributed by atoms with Crippen LogP contribution in [-0.2, 0) is 14.6 Å². The van der Waals surface area contributed by atoms with Crippen LogP contribution in [0.4, 0.5) is 0 Å². The van der Waals surface area contributed by atoms with Gasteiger partial charge < -0.3 is 10.1 Å². The van der Waals surface area contributed by atoms with Gasteiger partial charge in [-0.05, 0) is 38.1 Å². The Morgan fingerprint density at radius 3 is 2.76 bits per heavy atom. The number of hydrogen-bond acceptors (Lipinski definition) is 4. The normalized spacial score (nSPS) is 37.1. The van der Waals surface area contributed by atoms with Crippen LogP contribution in [0, 0.1) is 5.92 Å². The van der Waals surface area contributed by atoms with E-state index in [9.17, 15) is 8.42 Å². The molecule has 0 aromatic rings. The molecule has 0 aromatic carbocycles. The number of hydrogen-bond donors (Lipinski definition) is 1. The van der Waals surface area contributed by atoms with Gasteiger partial charge in [0.15, 0.2) is 9.84 Å². The molecule has 2 rings (SSSR count). The molecule has 2 aliphatic heterocycles. The van der Waals surface area contributed by atoms with Gasteiger partial charge in [-0.1, -0.05) is 6.42 Å². The summed E-state index contributed by atoms with van der Waals surface area (Å²) in [6.07, 6.45) is 5.32. The Hall–Kier alpha value is -0.130. The maximum absolute atomic E-state index is 11.5. The van der Waals surface area contributed by atoms with Crippen LogP contribution in [0.5, 0.6) is 0 Å². The van der Waals surface area contributed by atoms with Gasteiger partial charge in [0.2, 0.25) is 0 Å². The molecular weight excluding hydrogens is 238 g/mol. The number of piperidine rings is 1. The fourth-order valence-corrected chi connectivity index (χ4v) is 5.11. The van der Waals surface area contributed by atoms with Crippen molar-refractivity contribution in [1.82, 2.24) is 5.32 Å². The third-order valence-electron chi connectivity index (χ3n) is 4.01. The van der Waals surface area contributed by atoms with Crippen LogP contribution in [0.3, 0.4) is 0 Å². The summed E-state index contributed by atoms with van der Waals surface area (Å²) in [4.78, 5) is 0. The first-order valence-corrected chi connectivity index (χ1v) is 8.32. The fourth-order valence-electron chi connectivity index (χ4n) is 3.25. The van der Waals surface area contributed by atoms with E-state index in [2.05, 4.69) is 5.32 Å². The highest BCUT2D eigenvalue weighted by atomic mass is 32.2. The topological polar surface area (TPSA) is 55.4 Å². The third-order valence-corrected chi connectivity index (χ3v) is 5.85. The molecule has 0 aliphatic carbocycles. The summed E-state index contributed by atoms with van der Waals surface area (Å²) in [6, 6.07) is 0. The van der Waals surface area contributed by atoms with Gasteiger partial charge in [0, 0.05) is 12.6 Å². The zero-order valence-corrected chi connectivity index (χ0v) is 11.4. The standard InChI is InChI=1S/C12H23NO3S/c1-16-10-12(5-2-3-6-13-12)8-11-4-7-17(14,15)9-11/h11,13H,2-10H2,1H3. The van der Waals surface area contributed by atoms with Crippen LogP contribution in [0.25, 0.3) is 0 Å². The maximum Gasteiger partial charge on any atom is 0.150 e. The molecule has 100 valence electrons. The molecule has 0 saturated carbocycles. The molecule has 0 radical (unpaired) electrons. The first-order chi connectivity index (χ1) is 8.05. The number of nitrogens with one attached hydrogen (secondary N) is 1. The molecule has 0 amide bonds. The molecule has 1 N–H and O–H groups in total. The van der Waals surface area contributed by atoms with E-state index < -0.39 is 9.84 Å². The summed E-state index contributed by atoms with van der Waals surface area (Å²) in [5.41, 5.74) is 0.0253. The first-order valence-electron chi connectivity index (χ1n) is 6.50. The third kappa shape index (κ3) is 3.42. The van der Waals surface area contributed by atoms with Crippen molar-refractivity contribution in [1.29, 1.82) is 0 Å². The molecule has 2 heterocycles. The van der Waals surface area contributed by atoms with Gasteiger partial charge in [0.1, 0.15) is 0 Å². The van der Waals surface area contributed by atoms with Gasteiger partial charge in [-0.2, -0.15) is 0 Å². The van der Waals surface area contributed by atoms with E-state index in [1.807, 2.05) is 0 Å². The molecule has 0 spiro atoms. The Bertz CT molecular complexity index is 341. The summed E-state index contributed by atoms with van der Waals surface area (Å²) in [5.74, 6) is 1.07. The Kier molecular flexibility index (Phi) is 4.10. The Labute approximate surface area is 104 Å². The van der Waals surface area contributed by atoms with Gasteiger partial charge in [-0.3, -0.25) is 0 Å². The second kappa shape index (κ2) is 5.24. The van der Waals surface area contributed by atoms with Crippen molar-refractivity contribution in [3.8, 4) is 0 Å². The van der Waals surface area contributed by atoms with Crippen LogP contribution < -0.4 is 5.32 Å². The predicted octanol–water partition coefficient (Wildman–Crippen LogP) is 0.970. The highest BCUT2D eigenvalue weighted by Gasteiger charge is 2.38. The minimum atomic E-state index is -2.76. The quantitative estimate of drug-likeness (QED) is 0.819. The van der Waals surface area contributed by atoms with E-state index in [0.717, 1.165) is 25.8 Å². The largest absolute Gasteiger partial charge is 0.383 e. The Morgan fingerprint density at radius 1 is 1.41 bits per heavy atom. The lowest BCUT2D eigenvalue weighted by Crippen LogP contribution is -2.53. The van der Waals surface area contributed by atoms with Crippen LogP contribution >= 0.6 is 0 Å². The van der Waals surface area contributed by atoms with Crippen molar-refractivity contribution in [3.05, 3.63) is 0 Å². The Morgan fingerprint density at radius 2 is 2.24 bits per heavy atom. The second-order valence-electron chi connectivity index (χ2n) is 5.57. The van der Waals surface area contributed by atoms with E-state index in [0.29, 0.717) is 24.0 Å². The monoisotopic (exact) mass is 261 g/mol. The van der Waals surface area contributed by atoms with Crippen molar-refractivity contribution in [3.63, 3.8) is 0 Å². The fraction of sp³-hybridized carbons (Fsp3) is 1.00. The van der Waals surface area contributed by atoms with Crippen molar-refractivity contribution >= 4 is 9.84 Å². The molecular formula is C12H23NO3S. The van der Waals surface area contributed by atoms with E-state index >= 15 is 0 Å². The highest BCUT2D eigenvalue weighted by Crippen LogP contribution is 2.32. The molecule has 5 heteroatoms. The van der Waals surface area contributed by atoms with Crippen molar-refractivity contribution in [2.24, 2.45) is 5.92 Å². The average Bonchev–Trinajstić information content (AvgIpc) is 2.59. The summed E-state index contributed by atoms with van der Waals surface area (Å²) in [7, 11) is -1.03. The molecule has 2 fully saturated rings. The van der Waals surface area contributed by atoms with Gasteiger partial charge in [-0.25, -0.2) is 8.42 Å². The van der Waals surface area contributed by atoms with Crippen molar-refractivity contribution in [2.75, 3.05) is 31.8 Å². The van der Waals surface area contributed by atoms with Gasteiger partial charge in [0.25, 0.3) is 0 Å². The number of methoxy groups -OCH3 is 1. The van der Waals surface area contributed by atoms with Crippen molar-refractivity contribution < 1.29 is 13.2 Å². The number of rotatable bonds is 4. The first kappa shape index (κ1) is 13.3. The lowest BCUT2D eigenvalue weighted by Gasteiger charge is -2.39. The lowest BCUT2D eigenvalue weighted by molar-refractivity contribution is 0.0739. The molecule has 0 bridgehead atoms. The van der Waals surface area contributed by atoms with Crippen molar-refractivity contribution in [2.45, 2.75) is 37.6 Å². The van der Waals surface area contributed by atoms with E-state index in [4.69, 9.17) is 4.74 Å². The zero-order valence-electron chi connectivity index (χ0n) is 10.6. The molecule has 4 nitrogen and oxygen atoms in total. The SMILES string of the molecule is COCC1(CC2CCS(=O)(=O)C2)CCCCN1.